The van der Waals surface area contributed by atoms with Crippen molar-refractivity contribution in [3.05, 3.63) is 46.0 Å². The van der Waals surface area contributed by atoms with Gasteiger partial charge in [-0.1, -0.05) is 40.2 Å². The van der Waals surface area contributed by atoms with Crippen molar-refractivity contribution in [1.82, 2.24) is 5.32 Å². The molecule has 0 aromatic rings. The van der Waals surface area contributed by atoms with Crippen molar-refractivity contribution >= 4 is 15.9 Å². The lowest BCUT2D eigenvalue weighted by molar-refractivity contribution is 0.532. The van der Waals surface area contributed by atoms with Gasteiger partial charge in [0.05, 0.1) is 6.04 Å². The van der Waals surface area contributed by atoms with Gasteiger partial charge in [0.1, 0.15) is 0 Å². The predicted octanol–water partition coefficient (Wildman–Crippen LogP) is 2.01. The Labute approximate surface area is 98.7 Å². The molecule has 2 unspecified atom stereocenters. The van der Waals surface area contributed by atoms with Crippen molar-refractivity contribution < 1.29 is 0 Å². The van der Waals surface area contributed by atoms with Crippen molar-refractivity contribution in [2.75, 3.05) is 6.54 Å². The number of rotatable bonds is 1. The minimum Gasteiger partial charge on any atom is -0.322 e. The monoisotopic (exact) mass is 266 g/mol. The molecule has 0 fully saturated rings. The van der Waals surface area contributed by atoms with Crippen LogP contribution >= 0.6 is 15.9 Å². The number of allylic oxidation sites excluding steroid dienone is 3. The topological polar surface area (TPSA) is 38.0 Å². The maximum Gasteiger partial charge on any atom is 0.0519 e. The third kappa shape index (κ3) is 2.14. The molecule has 0 saturated carbocycles. The minimum atomic E-state index is 0.0537. The van der Waals surface area contributed by atoms with Crippen LogP contribution < -0.4 is 11.1 Å². The second-order valence-electron chi connectivity index (χ2n) is 3.81. The van der Waals surface area contributed by atoms with Gasteiger partial charge in [-0.25, -0.2) is 0 Å². The number of hydrogen-bond donors (Lipinski definition) is 2. The Morgan fingerprint density at radius 1 is 1.53 bits per heavy atom. The van der Waals surface area contributed by atoms with Crippen LogP contribution in [-0.2, 0) is 0 Å². The van der Waals surface area contributed by atoms with Crippen LogP contribution in [0, 0.1) is 0 Å². The Hall–Kier alpha value is -0.640. The number of nitrogens with one attached hydrogen (secondary N) is 1. The van der Waals surface area contributed by atoms with E-state index in [0.29, 0.717) is 0 Å². The lowest BCUT2D eigenvalue weighted by Gasteiger charge is -2.33. The summed E-state index contributed by atoms with van der Waals surface area (Å²) in [6, 6.07) is 0.306. The summed E-state index contributed by atoms with van der Waals surface area (Å²) in [6.07, 6.45) is 10.5. The van der Waals surface area contributed by atoms with Gasteiger partial charge in [0.2, 0.25) is 0 Å². The third-order valence-electron chi connectivity index (χ3n) is 2.74. The van der Waals surface area contributed by atoms with Gasteiger partial charge in [-0.15, -0.1) is 0 Å². The fourth-order valence-electron chi connectivity index (χ4n) is 1.99. The average molecular weight is 267 g/mol. The molecular weight excluding hydrogens is 252 g/mol. The van der Waals surface area contributed by atoms with Gasteiger partial charge in [-0.2, -0.15) is 0 Å². The first-order valence-corrected chi connectivity index (χ1v) is 5.91. The van der Waals surface area contributed by atoms with E-state index >= 15 is 0 Å². The molecule has 0 amide bonds. The molecule has 80 valence electrons. The molecule has 1 aliphatic carbocycles. The van der Waals surface area contributed by atoms with E-state index in [1.54, 1.807) is 0 Å². The van der Waals surface area contributed by atoms with E-state index in [-0.39, 0.29) is 12.1 Å². The summed E-state index contributed by atoms with van der Waals surface area (Å²) in [5, 5.41) is 3.43. The van der Waals surface area contributed by atoms with Crippen LogP contribution in [0.4, 0.5) is 0 Å². The zero-order valence-electron chi connectivity index (χ0n) is 8.70. The summed E-state index contributed by atoms with van der Waals surface area (Å²) < 4.78 is 1.18. The lowest BCUT2D eigenvalue weighted by Crippen LogP contribution is -2.50. The number of fused-ring (bicyclic) bond motifs is 1. The molecule has 3 heteroatoms. The highest BCUT2D eigenvalue weighted by molar-refractivity contribution is 9.11. The number of halogens is 1. The van der Waals surface area contributed by atoms with E-state index in [9.17, 15) is 0 Å². The fraction of sp³-hybridized carbons (Fsp3) is 0.333. The molecule has 0 radical (unpaired) electrons. The summed E-state index contributed by atoms with van der Waals surface area (Å²) in [5.41, 5.74) is 8.64. The highest BCUT2D eigenvalue weighted by Gasteiger charge is 2.27. The van der Waals surface area contributed by atoms with Crippen LogP contribution in [0.25, 0.3) is 0 Å². The van der Waals surface area contributed by atoms with E-state index in [1.165, 1.54) is 15.6 Å². The van der Waals surface area contributed by atoms with E-state index in [4.69, 9.17) is 5.73 Å². The van der Waals surface area contributed by atoms with E-state index in [2.05, 4.69) is 45.6 Å². The molecule has 3 N–H and O–H groups in total. The molecule has 2 nitrogen and oxygen atoms in total. The SMILES string of the molecule is C/C=C\C1=CC=C2C=C(Br)CNC2C1N. The largest absolute Gasteiger partial charge is 0.322 e. The molecule has 15 heavy (non-hydrogen) atoms. The van der Waals surface area contributed by atoms with Crippen LogP contribution in [0.5, 0.6) is 0 Å². The van der Waals surface area contributed by atoms with Crippen LogP contribution in [0.1, 0.15) is 6.92 Å². The molecule has 2 aliphatic rings. The van der Waals surface area contributed by atoms with Crippen molar-refractivity contribution in [3.8, 4) is 0 Å². The third-order valence-corrected chi connectivity index (χ3v) is 3.25. The molecule has 0 bridgehead atoms. The standard InChI is InChI=1S/C12H15BrN2/c1-2-3-8-4-5-9-6-10(13)7-15-12(9)11(8)14/h2-6,11-12,15H,7,14H2,1H3/b3-2-. The Kier molecular flexibility index (Phi) is 3.24. The quantitative estimate of drug-likeness (QED) is 0.762. The highest BCUT2D eigenvalue weighted by Crippen LogP contribution is 2.25. The molecule has 0 aromatic carbocycles. The van der Waals surface area contributed by atoms with Gasteiger partial charge < -0.3 is 11.1 Å². The molecule has 0 aromatic heterocycles. The Morgan fingerprint density at radius 3 is 3.07 bits per heavy atom. The molecule has 2 rings (SSSR count). The molecule has 2 atom stereocenters. The van der Waals surface area contributed by atoms with Gasteiger partial charge in [-0.3, -0.25) is 0 Å². The summed E-state index contributed by atoms with van der Waals surface area (Å²) in [7, 11) is 0. The van der Waals surface area contributed by atoms with Crippen LogP contribution in [0.15, 0.2) is 46.0 Å². The Balaban J connectivity index is 2.32. The van der Waals surface area contributed by atoms with E-state index < -0.39 is 0 Å². The van der Waals surface area contributed by atoms with Crippen molar-refractivity contribution in [2.45, 2.75) is 19.0 Å². The van der Waals surface area contributed by atoms with Gasteiger partial charge in [0.15, 0.2) is 0 Å². The first-order valence-electron chi connectivity index (χ1n) is 5.12. The summed E-state index contributed by atoms with van der Waals surface area (Å²) in [5.74, 6) is 0. The number of nitrogens with two attached hydrogens (primary N) is 1. The lowest BCUT2D eigenvalue weighted by atomic mass is 9.87. The zero-order chi connectivity index (χ0) is 10.8. The number of hydrogen-bond acceptors (Lipinski definition) is 2. The van der Waals surface area contributed by atoms with Crippen LogP contribution in [0.2, 0.25) is 0 Å². The Morgan fingerprint density at radius 2 is 2.33 bits per heavy atom. The summed E-state index contributed by atoms with van der Waals surface area (Å²) in [4.78, 5) is 0. The summed E-state index contributed by atoms with van der Waals surface area (Å²) in [6.45, 7) is 2.87. The molecule has 1 heterocycles. The Bertz CT molecular complexity index is 377. The maximum atomic E-state index is 6.20. The molecular formula is C12H15BrN2. The van der Waals surface area contributed by atoms with Gasteiger partial charge in [0.25, 0.3) is 0 Å². The first kappa shape index (κ1) is 10.9. The van der Waals surface area contributed by atoms with Crippen molar-refractivity contribution in [3.63, 3.8) is 0 Å². The average Bonchev–Trinajstić information content (AvgIpc) is 2.22. The van der Waals surface area contributed by atoms with Crippen LogP contribution in [-0.4, -0.2) is 18.6 Å². The first-order chi connectivity index (χ1) is 7.22. The fourth-order valence-corrected chi connectivity index (χ4v) is 2.41. The predicted molar refractivity (Wildman–Crippen MR) is 67.8 cm³/mol. The normalized spacial score (nSPS) is 30.7. The van der Waals surface area contributed by atoms with Gasteiger partial charge in [0, 0.05) is 17.1 Å². The highest BCUT2D eigenvalue weighted by atomic mass is 79.9. The second kappa shape index (κ2) is 4.47. The summed E-state index contributed by atoms with van der Waals surface area (Å²) >= 11 is 3.50. The molecule has 0 spiro atoms. The van der Waals surface area contributed by atoms with Crippen LogP contribution in [0.3, 0.4) is 0 Å². The van der Waals surface area contributed by atoms with Crippen molar-refractivity contribution in [1.29, 1.82) is 0 Å². The van der Waals surface area contributed by atoms with Gasteiger partial charge in [-0.05, 0) is 24.1 Å². The van der Waals surface area contributed by atoms with E-state index in [1.807, 2.05) is 13.0 Å². The maximum absolute atomic E-state index is 6.20. The van der Waals surface area contributed by atoms with E-state index in [0.717, 1.165) is 6.54 Å². The molecule has 0 saturated heterocycles. The zero-order valence-corrected chi connectivity index (χ0v) is 10.3. The van der Waals surface area contributed by atoms with Gasteiger partial charge >= 0.3 is 0 Å². The minimum absolute atomic E-state index is 0.0537. The molecule has 1 aliphatic heterocycles. The van der Waals surface area contributed by atoms with Crippen molar-refractivity contribution in [2.24, 2.45) is 5.73 Å². The smallest absolute Gasteiger partial charge is 0.0519 e. The second-order valence-corrected chi connectivity index (χ2v) is 4.83.